The second-order valence-electron chi connectivity index (χ2n) is 12.3. The van der Waals surface area contributed by atoms with Crippen LogP contribution >= 0.6 is 0 Å². The van der Waals surface area contributed by atoms with Crippen LogP contribution in [0.5, 0.6) is 0 Å². The van der Waals surface area contributed by atoms with Crippen molar-refractivity contribution in [1.29, 1.82) is 0 Å². The molecule has 1 aliphatic rings. The second-order valence-corrected chi connectivity index (χ2v) is 12.3. The minimum Gasteiger partial charge on any atom is -0.336 e. The standard InChI is InChI=1S/C35H42N6O2/c1-24-29(7-6-8-30(24)39-33(42)26-11-13-27(14-12-26)35(2,3)4)31-23-40(5)34(43)32(38-31)37-28-15-9-25(10-16-28)17-20-41-21-18-36-19-22-41/h6-16,23,36H,17-22H2,1-5H3,(H,37,38)(H,39,42). The number of rotatable bonds is 8. The molecule has 3 N–H and O–H groups in total. The number of hydrogen-bond donors (Lipinski definition) is 3. The molecule has 0 unspecified atom stereocenters. The van der Waals surface area contributed by atoms with Gasteiger partial charge >= 0.3 is 0 Å². The first-order chi connectivity index (χ1) is 20.6. The van der Waals surface area contributed by atoms with Crippen LogP contribution < -0.4 is 21.5 Å². The Morgan fingerprint density at radius 3 is 2.35 bits per heavy atom. The van der Waals surface area contributed by atoms with Crippen molar-refractivity contribution in [1.82, 2.24) is 19.8 Å². The normalized spacial score (nSPS) is 14.0. The maximum atomic E-state index is 13.1. The Morgan fingerprint density at radius 2 is 1.67 bits per heavy atom. The van der Waals surface area contributed by atoms with E-state index in [1.165, 1.54) is 15.7 Å². The van der Waals surface area contributed by atoms with E-state index in [9.17, 15) is 9.59 Å². The lowest BCUT2D eigenvalue weighted by atomic mass is 9.86. The molecular formula is C35H42N6O2. The van der Waals surface area contributed by atoms with Crippen molar-refractivity contribution >= 4 is 23.1 Å². The van der Waals surface area contributed by atoms with Crippen LogP contribution in [-0.4, -0.2) is 53.1 Å². The minimum atomic E-state index is -0.215. The van der Waals surface area contributed by atoms with E-state index in [2.05, 4.69) is 53.8 Å². The number of aromatic nitrogens is 2. The largest absolute Gasteiger partial charge is 0.336 e. The van der Waals surface area contributed by atoms with Gasteiger partial charge in [-0.3, -0.25) is 9.59 Å². The number of carbonyl (C=O) groups excluding carboxylic acids is 1. The first-order valence-corrected chi connectivity index (χ1v) is 15.0. The quantitative estimate of drug-likeness (QED) is 0.256. The van der Waals surface area contributed by atoms with Crippen LogP contribution in [0.1, 0.15) is 47.8 Å². The zero-order valence-corrected chi connectivity index (χ0v) is 25.8. The van der Waals surface area contributed by atoms with Gasteiger partial charge in [0, 0.05) is 68.5 Å². The van der Waals surface area contributed by atoms with Crippen LogP contribution in [-0.2, 0) is 18.9 Å². The van der Waals surface area contributed by atoms with E-state index < -0.39 is 0 Å². The van der Waals surface area contributed by atoms with Crippen LogP contribution in [0.3, 0.4) is 0 Å². The molecule has 0 radical (unpaired) electrons. The van der Waals surface area contributed by atoms with E-state index in [4.69, 9.17) is 4.98 Å². The van der Waals surface area contributed by atoms with Gasteiger partial charge in [0.1, 0.15) is 0 Å². The van der Waals surface area contributed by atoms with Crippen molar-refractivity contribution in [3.8, 4) is 11.3 Å². The van der Waals surface area contributed by atoms with E-state index in [0.717, 1.165) is 56.0 Å². The SMILES string of the molecule is Cc1c(NC(=O)c2ccc(C(C)(C)C)cc2)cccc1-c1cn(C)c(=O)c(Nc2ccc(CCN3CCNCC3)cc2)n1. The number of nitrogens with one attached hydrogen (secondary N) is 3. The molecule has 3 aromatic carbocycles. The van der Waals surface area contributed by atoms with E-state index in [1.807, 2.05) is 61.5 Å². The van der Waals surface area contributed by atoms with Crippen LogP contribution in [0.25, 0.3) is 11.3 Å². The molecule has 0 bridgehead atoms. The number of piperazine rings is 1. The highest BCUT2D eigenvalue weighted by Gasteiger charge is 2.17. The highest BCUT2D eigenvalue weighted by atomic mass is 16.1. The third-order valence-electron chi connectivity index (χ3n) is 8.09. The van der Waals surface area contributed by atoms with Gasteiger partial charge in [-0.15, -0.1) is 0 Å². The average Bonchev–Trinajstić information content (AvgIpc) is 3.00. The first kappa shape index (κ1) is 30.2. The molecule has 0 saturated carbocycles. The third kappa shape index (κ3) is 7.39. The number of benzene rings is 3. The summed E-state index contributed by atoms with van der Waals surface area (Å²) >= 11 is 0. The average molecular weight is 579 g/mol. The van der Waals surface area contributed by atoms with Gasteiger partial charge in [0.2, 0.25) is 0 Å². The Morgan fingerprint density at radius 1 is 0.977 bits per heavy atom. The van der Waals surface area contributed by atoms with Crippen LogP contribution in [0, 0.1) is 6.92 Å². The van der Waals surface area contributed by atoms with Crippen molar-refractivity contribution in [3.63, 3.8) is 0 Å². The third-order valence-corrected chi connectivity index (χ3v) is 8.09. The summed E-state index contributed by atoms with van der Waals surface area (Å²) in [5, 5.41) is 9.67. The number of nitrogens with zero attached hydrogens (tertiary/aromatic N) is 3. The van der Waals surface area contributed by atoms with E-state index >= 15 is 0 Å². The van der Waals surface area contributed by atoms with Crippen molar-refractivity contribution in [3.05, 3.63) is 106 Å². The minimum absolute atomic E-state index is 0.0186. The van der Waals surface area contributed by atoms with Crippen molar-refractivity contribution < 1.29 is 4.79 Å². The van der Waals surface area contributed by atoms with Gasteiger partial charge in [-0.2, -0.15) is 0 Å². The Balaban J connectivity index is 1.31. The molecule has 2 heterocycles. The molecule has 43 heavy (non-hydrogen) atoms. The smallest absolute Gasteiger partial charge is 0.293 e. The van der Waals surface area contributed by atoms with Gasteiger partial charge in [-0.1, -0.05) is 57.2 Å². The maximum Gasteiger partial charge on any atom is 0.293 e. The summed E-state index contributed by atoms with van der Waals surface area (Å²) < 4.78 is 1.54. The van der Waals surface area contributed by atoms with Crippen molar-refractivity contribution in [2.75, 3.05) is 43.4 Å². The van der Waals surface area contributed by atoms with Crippen LogP contribution in [0.2, 0.25) is 0 Å². The van der Waals surface area contributed by atoms with E-state index in [1.54, 1.807) is 13.2 Å². The molecule has 1 saturated heterocycles. The molecule has 0 atom stereocenters. The first-order valence-electron chi connectivity index (χ1n) is 15.0. The zero-order valence-electron chi connectivity index (χ0n) is 25.8. The number of aryl methyl sites for hydroxylation is 1. The van der Waals surface area contributed by atoms with Gasteiger partial charge in [0.25, 0.3) is 11.5 Å². The lowest BCUT2D eigenvalue weighted by Gasteiger charge is -2.27. The number of amides is 1. The second kappa shape index (κ2) is 12.9. The highest BCUT2D eigenvalue weighted by molar-refractivity contribution is 6.05. The van der Waals surface area contributed by atoms with Gasteiger partial charge in [-0.25, -0.2) is 4.98 Å². The fraction of sp³-hybridized carbons (Fsp3) is 0.343. The summed E-state index contributed by atoms with van der Waals surface area (Å²) in [6.07, 6.45) is 2.72. The number of anilines is 3. The molecule has 8 nitrogen and oxygen atoms in total. The zero-order chi connectivity index (χ0) is 30.6. The molecule has 5 rings (SSSR count). The Bertz CT molecular complexity index is 1630. The Kier molecular flexibility index (Phi) is 9.08. The summed E-state index contributed by atoms with van der Waals surface area (Å²) in [6, 6.07) is 21.6. The van der Waals surface area contributed by atoms with Gasteiger partial charge < -0.3 is 25.4 Å². The molecule has 1 aromatic heterocycles. The summed E-state index contributed by atoms with van der Waals surface area (Å²) in [7, 11) is 1.72. The summed E-state index contributed by atoms with van der Waals surface area (Å²) in [5.41, 5.74) is 6.69. The summed E-state index contributed by atoms with van der Waals surface area (Å²) in [5.74, 6) is 0.0780. The van der Waals surface area contributed by atoms with Crippen LogP contribution in [0.15, 0.2) is 77.7 Å². The number of hydrogen-bond acceptors (Lipinski definition) is 6. The molecule has 4 aromatic rings. The summed E-state index contributed by atoms with van der Waals surface area (Å²) in [4.78, 5) is 33.3. The molecule has 1 fully saturated rings. The van der Waals surface area contributed by atoms with Gasteiger partial charge in [0.15, 0.2) is 5.82 Å². The molecule has 1 aliphatic heterocycles. The van der Waals surface area contributed by atoms with Gasteiger partial charge in [-0.05, 0) is 65.8 Å². The molecule has 0 spiro atoms. The fourth-order valence-electron chi connectivity index (χ4n) is 5.30. The molecule has 224 valence electrons. The Hall–Kier alpha value is -4.27. The van der Waals surface area contributed by atoms with Crippen molar-refractivity contribution in [2.45, 2.75) is 39.5 Å². The highest BCUT2D eigenvalue weighted by Crippen LogP contribution is 2.29. The fourth-order valence-corrected chi connectivity index (χ4v) is 5.30. The lowest BCUT2D eigenvalue weighted by molar-refractivity contribution is 0.102. The lowest BCUT2D eigenvalue weighted by Crippen LogP contribution is -2.44. The maximum absolute atomic E-state index is 13.1. The number of carbonyl (C=O) groups is 1. The molecule has 0 aliphatic carbocycles. The molecule has 8 heteroatoms. The van der Waals surface area contributed by atoms with Crippen molar-refractivity contribution in [2.24, 2.45) is 7.05 Å². The topological polar surface area (TPSA) is 91.3 Å². The van der Waals surface area contributed by atoms with E-state index in [0.29, 0.717) is 16.9 Å². The summed E-state index contributed by atoms with van der Waals surface area (Å²) in [6.45, 7) is 13.7. The monoisotopic (exact) mass is 578 g/mol. The predicted octanol–water partition coefficient (Wildman–Crippen LogP) is 5.50. The Labute approximate surface area is 254 Å². The predicted molar refractivity (Wildman–Crippen MR) is 175 cm³/mol. The van der Waals surface area contributed by atoms with Gasteiger partial charge in [0.05, 0.1) is 5.69 Å². The molecule has 1 amide bonds. The molecular weight excluding hydrogens is 536 g/mol. The van der Waals surface area contributed by atoms with E-state index in [-0.39, 0.29) is 22.7 Å². The van der Waals surface area contributed by atoms with Crippen LogP contribution in [0.4, 0.5) is 17.2 Å².